The first-order valence-corrected chi connectivity index (χ1v) is 7.70. The van der Waals surface area contributed by atoms with Crippen molar-refractivity contribution >= 4 is 11.6 Å². The fraction of sp³-hybridized carbons (Fsp3) is 0.333. The summed E-state index contributed by atoms with van der Waals surface area (Å²) in [6.45, 7) is 6.99. The number of nitrogens with one attached hydrogen (secondary N) is 1. The first-order chi connectivity index (χ1) is 10.0. The molecule has 0 aliphatic heterocycles. The van der Waals surface area contributed by atoms with Crippen molar-refractivity contribution in [2.24, 2.45) is 0 Å². The molecule has 1 atom stereocenters. The van der Waals surface area contributed by atoms with Crippen molar-refractivity contribution in [1.29, 1.82) is 0 Å². The van der Waals surface area contributed by atoms with Crippen LogP contribution in [0.5, 0.6) is 0 Å². The highest BCUT2D eigenvalue weighted by molar-refractivity contribution is 6.31. The lowest BCUT2D eigenvalue weighted by atomic mass is 9.97. The molecule has 0 amide bonds. The summed E-state index contributed by atoms with van der Waals surface area (Å²) >= 11 is 6.41. The molecular weight excluding hydrogens is 285 g/mol. The van der Waals surface area contributed by atoms with E-state index in [0.29, 0.717) is 10.6 Å². The molecule has 112 valence electrons. The van der Waals surface area contributed by atoms with Crippen molar-refractivity contribution < 1.29 is 4.39 Å². The van der Waals surface area contributed by atoms with Gasteiger partial charge in [0.05, 0.1) is 0 Å². The van der Waals surface area contributed by atoms with E-state index in [0.717, 1.165) is 29.7 Å². The topological polar surface area (TPSA) is 12.0 Å². The number of benzene rings is 2. The highest BCUT2D eigenvalue weighted by Crippen LogP contribution is 2.31. The molecule has 0 fully saturated rings. The van der Waals surface area contributed by atoms with Gasteiger partial charge in [-0.25, -0.2) is 4.39 Å². The summed E-state index contributed by atoms with van der Waals surface area (Å²) in [5, 5.41) is 4.14. The molecule has 0 saturated heterocycles. The van der Waals surface area contributed by atoms with E-state index in [-0.39, 0.29) is 11.9 Å². The van der Waals surface area contributed by atoms with E-state index in [4.69, 9.17) is 11.6 Å². The smallest absolute Gasteiger partial charge is 0.126 e. The second-order valence-corrected chi connectivity index (χ2v) is 5.73. The van der Waals surface area contributed by atoms with Gasteiger partial charge < -0.3 is 5.32 Å². The maximum Gasteiger partial charge on any atom is 0.126 e. The minimum atomic E-state index is -0.189. The van der Waals surface area contributed by atoms with Crippen molar-refractivity contribution in [2.75, 3.05) is 6.54 Å². The third-order valence-electron chi connectivity index (χ3n) is 3.75. The molecule has 2 aromatic rings. The first-order valence-electron chi connectivity index (χ1n) is 7.33. The number of halogens is 2. The number of hydrogen-bond acceptors (Lipinski definition) is 1. The molecule has 1 unspecified atom stereocenters. The zero-order valence-corrected chi connectivity index (χ0v) is 13.5. The van der Waals surface area contributed by atoms with Gasteiger partial charge in [0, 0.05) is 11.1 Å². The Morgan fingerprint density at radius 3 is 2.67 bits per heavy atom. The third-order valence-corrected chi connectivity index (χ3v) is 4.07. The molecule has 0 spiro atoms. The van der Waals surface area contributed by atoms with Crippen LogP contribution in [0.2, 0.25) is 5.02 Å². The van der Waals surface area contributed by atoms with Gasteiger partial charge in [-0.15, -0.1) is 0 Å². The van der Waals surface area contributed by atoms with E-state index in [2.05, 4.69) is 19.2 Å². The van der Waals surface area contributed by atoms with Gasteiger partial charge in [0.15, 0.2) is 0 Å². The molecule has 0 aliphatic rings. The summed E-state index contributed by atoms with van der Waals surface area (Å²) in [5.74, 6) is -0.189. The fourth-order valence-corrected chi connectivity index (χ4v) is 2.78. The molecule has 0 aromatic heterocycles. The van der Waals surface area contributed by atoms with Crippen LogP contribution in [0.4, 0.5) is 4.39 Å². The maximum absolute atomic E-state index is 13.7. The SMILES string of the molecule is CCCNC(C)c1ccc(-c2cccc(F)c2C)cc1Cl. The van der Waals surface area contributed by atoms with E-state index in [1.54, 1.807) is 13.0 Å². The first kappa shape index (κ1) is 16.0. The van der Waals surface area contributed by atoms with E-state index in [1.165, 1.54) is 6.07 Å². The monoisotopic (exact) mass is 305 g/mol. The van der Waals surface area contributed by atoms with Gasteiger partial charge in [-0.2, -0.15) is 0 Å². The van der Waals surface area contributed by atoms with Crippen LogP contribution in [0, 0.1) is 12.7 Å². The number of hydrogen-bond donors (Lipinski definition) is 1. The summed E-state index contributed by atoms with van der Waals surface area (Å²) in [5.41, 5.74) is 3.56. The Labute approximate surface area is 131 Å². The lowest BCUT2D eigenvalue weighted by molar-refractivity contribution is 0.571. The molecule has 1 nitrogen and oxygen atoms in total. The molecular formula is C18H21ClFN. The normalized spacial score (nSPS) is 12.4. The Bertz CT molecular complexity index is 625. The summed E-state index contributed by atoms with van der Waals surface area (Å²) in [4.78, 5) is 0. The van der Waals surface area contributed by atoms with Crippen LogP contribution in [-0.2, 0) is 0 Å². The zero-order chi connectivity index (χ0) is 15.4. The van der Waals surface area contributed by atoms with Gasteiger partial charge >= 0.3 is 0 Å². The molecule has 3 heteroatoms. The van der Waals surface area contributed by atoms with E-state index in [1.807, 2.05) is 24.3 Å². The number of rotatable bonds is 5. The van der Waals surface area contributed by atoms with Crippen molar-refractivity contribution in [3.63, 3.8) is 0 Å². The molecule has 2 aromatic carbocycles. The molecule has 0 saturated carbocycles. The fourth-order valence-electron chi connectivity index (χ4n) is 2.44. The van der Waals surface area contributed by atoms with Gasteiger partial charge in [-0.05, 0) is 61.2 Å². The van der Waals surface area contributed by atoms with Crippen LogP contribution in [0.1, 0.15) is 37.4 Å². The average Bonchev–Trinajstić information content (AvgIpc) is 2.47. The Hall–Kier alpha value is -1.38. The van der Waals surface area contributed by atoms with Crippen LogP contribution in [-0.4, -0.2) is 6.54 Å². The molecule has 0 heterocycles. The van der Waals surface area contributed by atoms with Crippen molar-refractivity contribution in [3.05, 3.63) is 58.4 Å². The Kier molecular flexibility index (Phi) is 5.38. The van der Waals surface area contributed by atoms with E-state index in [9.17, 15) is 4.39 Å². The zero-order valence-electron chi connectivity index (χ0n) is 12.7. The maximum atomic E-state index is 13.7. The molecule has 0 aliphatic carbocycles. The lowest BCUT2D eigenvalue weighted by Crippen LogP contribution is -2.19. The van der Waals surface area contributed by atoms with Crippen LogP contribution >= 0.6 is 11.6 Å². The van der Waals surface area contributed by atoms with Crippen molar-refractivity contribution in [1.82, 2.24) is 5.32 Å². The summed E-state index contributed by atoms with van der Waals surface area (Å²) in [6, 6.07) is 11.3. The summed E-state index contributed by atoms with van der Waals surface area (Å²) in [7, 11) is 0. The second-order valence-electron chi connectivity index (χ2n) is 5.32. The van der Waals surface area contributed by atoms with Gasteiger partial charge in [-0.1, -0.05) is 42.8 Å². The standard InChI is InChI=1S/C18H21ClFN/c1-4-10-21-13(3)16-9-8-14(11-17(16)19)15-6-5-7-18(20)12(15)2/h5-9,11,13,21H,4,10H2,1-3H3. The predicted octanol–water partition coefficient (Wildman–Crippen LogP) is 5.52. The minimum Gasteiger partial charge on any atom is -0.310 e. The average molecular weight is 306 g/mol. The Morgan fingerprint density at radius 2 is 2.00 bits per heavy atom. The van der Waals surface area contributed by atoms with Gasteiger partial charge in [-0.3, -0.25) is 0 Å². The third kappa shape index (κ3) is 3.63. The largest absolute Gasteiger partial charge is 0.310 e. The summed E-state index contributed by atoms with van der Waals surface area (Å²) in [6.07, 6.45) is 1.09. The van der Waals surface area contributed by atoms with Crippen molar-refractivity contribution in [2.45, 2.75) is 33.2 Å². The van der Waals surface area contributed by atoms with Gasteiger partial charge in [0.25, 0.3) is 0 Å². The van der Waals surface area contributed by atoms with Gasteiger partial charge in [0.1, 0.15) is 5.82 Å². The molecule has 21 heavy (non-hydrogen) atoms. The van der Waals surface area contributed by atoms with Crippen LogP contribution in [0.3, 0.4) is 0 Å². The highest BCUT2D eigenvalue weighted by Gasteiger charge is 2.12. The predicted molar refractivity (Wildman–Crippen MR) is 88.3 cm³/mol. The van der Waals surface area contributed by atoms with Crippen LogP contribution in [0.25, 0.3) is 11.1 Å². The Balaban J connectivity index is 2.33. The Morgan fingerprint density at radius 1 is 1.24 bits per heavy atom. The molecule has 0 radical (unpaired) electrons. The minimum absolute atomic E-state index is 0.189. The quantitative estimate of drug-likeness (QED) is 0.767. The molecule has 0 bridgehead atoms. The van der Waals surface area contributed by atoms with Crippen LogP contribution < -0.4 is 5.32 Å². The highest BCUT2D eigenvalue weighted by atomic mass is 35.5. The summed E-state index contributed by atoms with van der Waals surface area (Å²) < 4.78 is 13.7. The second kappa shape index (κ2) is 7.06. The van der Waals surface area contributed by atoms with Crippen molar-refractivity contribution in [3.8, 4) is 11.1 Å². The molecule has 2 rings (SSSR count). The van der Waals surface area contributed by atoms with Crippen LogP contribution in [0.15, 0.2) is 36.4 Å². The molecule has 1 N–H and O–H groups in total. The van der Waals surface area contributed by atoms with E-state index < -0.39 is 0 Å². The van der Waals surface area contributed by atoms with Gasteiger partial charge in [0.2, 0.25) is 0 Å². The van der Waals surface area contributed by atoms with E-state index >= 15 is 0 Å². The lowest BCUT2D eigenvalue weighted by Gasteiger charge is -2.16.